The van der Waals surface area contributed by atoms with Gasteiger partial charge < -0.3 is 10.6 Å². The number of amides is 1. The summed E-state index contributed by atoms with van der Waals surface area (Å²) in [6.45, 7) is 4.04. The van der Waals surface area contributed by atoms with Crippen molar-refractivity contribution in [1.82, 2.24) is 10.6 Å². The Hall–Kier alpha value is -1.56. The summed E-state index contributed by atoms with van der Waals surface area (Å²) in [5.74, 6) is -0.187. The molecule has 112 valence electrons. The minimum absolute atomic E-state index is 0.179. The average molecular weight is 288 g/mol. The van der Waals surface area contributed by atoms with Crippen molar-refractivity contribution < 1.29 is 18.0 Å². The first-order chi connectivity index (χ1) is 9.16. The van der Waals surface area contributed by atoms with Crippen LogP contribution in [0, 0.1) is 0 Å². The molecule has 2 N–H and O–H groups in total. The van der Waals surface area contributed by atoms with Gasteiger partial charge in [0.15, 0.2) is 0 Å². The second-order valence-electron chi connectivity index (χ2n) is 5.27. The Morgan fingerprint density at radius 2 is 1.80 bits per heavy atom. The van der Waals surface area contributed by atoms with Gasteiger partial charge in [-0.05, 0) is 18.7 Å². The highest BCUT2D eigenvalue weighted by atomic mass is 19.4. The number of carbonyl (C=O) groups is 1. The van der Waals surface area contributed by atoms with Crippen molar-refractivity contribution in [3.8, 4) is 0 Å². The molecule has 0 spiro atoms. The molecule has 1 aromatic rings. The van der Waals surface area contributed by atoms with E-state index in [4.69, 9.17) is 0 Å². The summed E-state index contributed by atoms with van der Waals surface area (Å²) in [5, 5.41) is 5.41. The number of rotatable bonds is 5. The van der Waals surface area contributed by atoms with Crippen molar-refractivity contribution in [2.24, 2.45) is 0 Å². The minimum Gasteiger partial charge on any atom is -0.354 e. The predicted molar refractivity (Wildman–Crippen MR) is 71.4 cm³/mol. The van der Waals surface area contributed by atoms with E-state index in [0.717, 1.165) is 12.1 Å². The molecule has 0 aliphatic rings. The number of halogens is 3. The smallest absolute Gasteiger partial charge is 0.354 e. The monoisotopic (exact) mass is 288 g/mol. The van der Waals surface area contributed by atoms with Gasteiger partial charge >= 0.3 is 6.18 Å². The molecule has 0 saturated carbocycles. The first-order valence-electron chi connectivity index (χ1n) is 6.26. The van der Waals surface area contributed by atoms with Crippen LogP contribution in [-0.2, 0) is 16.4 Å². The summed E-state index contributed by atoms with van der Waals surface area (Å²) in [5.41, 5.74) is -0.716. The van der Waals surface area contributed by atoms with E-state index >= 15 is 0 Å². The standard InChI is InChI=1S/C14H19F3N2O/c1-13(2,9-19-12(20)8-18-3)10-5-4-6-11(7-10)14(15,16)17/h4-7,18H,8-9H2,1-3H3,(H,19,20). The molecule has 0 saturated heterocycles. The van der Waals surface area contributed by atoms with Crippen LogP contribution in [0.4, 0.5) is 13.2 Å². The Kier molecular flexibility index (Phi) is 5.16. The van der Waals surface area contributed by atoms with Crippen molar-refractivity contribution in [2.75, 3.05) is 20.1 Å². The molecule has 6 heteroatoms. The Bertz CT molecular complexity index is 470. The van der Waals surface area contributed by atoms with Crippen LogP contribution < -0.4 is 10.6 Å². The molecule has 3 nitrogen and oxygen atoms in total. The van der Waals surface area contributed by atoms with E-state index in [1.807, 2.05) is 0 Å². The van der Waals surface area contributed by atoms with E-state index in [-0.39, 0.29) is 19.0 Å². The Morgan fingerprint density at radius 3 is 2.35 bits per heavy atom. The molecule has 1 aromatic carbocycles. The molecule has 0 aliphatic heterocycles. The summed E-state index contributed by atoms with van der Waals surface area (Å²) in [7, 11) is 1.65. The van der Waals surface area contributed by atoms with Gasteiger partial charge in [0.2, 0.25) is 5.91 Å². The van der Waals surface area contributed by atoms with Crippen molar-refractivity contribution in [3.63, 3.8) is 0 Å². The SMILES string of the molecule is CNCC(=O)NCC(C)(C)c1cccc(C(F)(F)F)c1. The predicted octanol–water partition coefficient (Wildman–Crippen LogP) is 2.32. The van der Waals surface area contributed by atoms with Crippen LogP contribution in [-0.4, -0.2) is 26.0 Å². The molecular formula is C14H19F3N2O. The quantitative estimate of drug-likeness (QED) is 0.873. The molecule has 0 aliphatic carbocycles. The van der Waals surface area contributed by atoms with Crippen LogP contribution in [0.1, 0.15) is 25.0 Å². The summed E-state index contributed by atoms with van der Waals surface area (Å²) < 4.78 is 38.1. The summed E-state index contributed by atoms with van der Waals surface area (Å²) in [6.07, 6.45) is -4.36. The van der Waals surface area contributed by atoms with E-state index in [9.17, 15) is 18.0 Å². The number of hydrogen-bond acceptors (Lipinski definition) is 2. The van der Waals surface area contributed by atoms with Crippen LogP contribution in [0.2, 0.25) is 0 Å². The van der Waals surface area contributed by atoms with E-state index < -0.39 is 17.2 Å². The van der Waals surface area contributed by atoms with Gasteiger partial charge in [-0.2, -0.15) is 13.2 Å². The molecule has 0 radical (unpaired) electrons. The van der Waals surface area contributed by atoms with Gasteiger partial charge in [0.25, 0.3) is 0 Å². The molecule has 0 atom stereocenters. The Balaban J connectivity index is 2.84. The van der Waals surface area contributed by atoms with Gasteiger partial charge in [0.1, 0.15) is 0 Å². The van der Waals surface area contributed by atoms with Crippen molar-refractivity contribution in [2.45, 2.75) is 25.4 Å². The zero-order valence-electron chi connectivity index (χ0n) is 11.8. The third kappa shape index (κ3) is 4.52. The van der Waals surface area contributed by atoms with Crippen molar-refractivity contribution >= 4 is 5.91 Å². The highest BCUT2D eigenvalue weighted by Crippen LogP contribution is 2.32. The van der Waals surface area contributed by atoms with Crippen LogP contribution in [0.15, 0.2) is 24.3 Å². The first kappa shape index (κ1) is 16.5. The number of carbonyl (C=O) groups excluding carboxylic acids is 1. The van der Waals surface area contributed by atoms with Gasteiger partial charge in [-0.3, -0.25) is 4.79 Å². The van der Waals surface area contributed by atoms with Crippen molar-refractivity contribution in [3.05, 3.63) is 35.4 Å². The highest BCUT2D eigenvalue weighted by Gasteiger charge is 2.32. The largest absolute Gasteiger partial charge is 0.416 e. The first-order valence-corrected chi connectivity index (χ1v) is 6.26. The third-order valence-corrected chi connectivity index (χ3v) is 3.04. The molecule has 20 heavy (non-hydrogen) atoms. The molecule has 0 heterocycles. The van der Waals surface area contributed by atoms with E-state index in [1.54, 1.807) is 27.0 Å². The van der Waals surface area contributed by atoms with Crippen LogP contribution in [0.25, 0.3) is 0 Å². The lowest BCUT2D eigenvalue weighted by atomic mass is 9.83. The van der Waals surface area contributed by atoms with Gasteiger partial charge in [0, 0.05) is 12.0 Å². The van der Waals surface area contributed by atoms with Gasteiger partial charge in [-0.1, -0.05) is 32.0 Å². The number of nitrogens with one attached hydrogen (secondary N) is 2. The molecule has 0 unspecified atom stereocenters. The molecule has 1 amide bonds. The number of likely N-dealkylation sites (N-methyl/N-ethyl adjacent to an activating group) is 1. The topological polar surface area (TPSA) is 41.1 Å². The van der Waals surface area contributed by atoms with Crippen molar-refractivity contribution in [1.29, 1.82) is 0 Å². The van der Waals surface area contributed by atoms with Crippen LogP contribution >= 0.6 is 0 Å². The van der Waals surface area contributed by atoms with Gasteiger partial charge in [-0.25, -0.2) is 0 Å². The van der Waals surface area contributed by atoms with Gasteiger partial charge in [0.05, 0.1) is 12.1 Å². The minimum atomic E-state index is -4.36. The molecule has 0 aromatic heterocycles. The fourth-order valence-electron chi connectivity index (χ4n) is 1.76. The lowest BCUT2D eigenvalue weighted by Gasteiger charge is -2.26. The Labute approximate surface area is 116 Å². The Morgan fingerprint density at radius 1 is 1.20 bits per heavy atom. The molecule has 1 rings (SSSR count). The third-order valence-electron chi connectivity index (χ3n) is 3.04. The average Bonchev–Trinajstić information content (AvgIpc) is 2.36. The fourth-order valence-corrected chi connectivity index (χ4v) is 1.76. The number of alkyl halides is 3. The number of benzene rings is 1. The van der Waals surface area contributed by atoms with Crippen LogP contribution in [0.5, 0.6) is 0 Å². The molecule has 0 fully saturated rings. The zero-order valence-corrected chi connectivity index (χ0v) is 11.8. The second kappa shape index (κ2) is 6.26. The van der Waals surface area contributed by atoms with E-state index in [1.165, 1.54) is 6.07 Å². The lowest BCUT2D eigenvalue weighted by molar-refractivity contribution is -0.137. The fraction of sp³-hybridized carbons (Fsp3) is 0.500. The lowest BCUT2D eigenvalue weighted by Crippen LogP contribution is -2.40. The zero-order chi connectivity index (χ0) is 15.4. The second-order valence-corrected chi connectivity index (χ2v) is 5.27. The van der Waals surface area contributed by atoms with E-state index in [0.29, 0.717) is 5.56 Å². The summed E-state index contributed by atoms with van der Waals surface area (Å²) >= 11 is 0. The summed E-state index contributed by atoms with van der Waals surface area (Å²) in [4.78, 5) is 11.4. The maximum atomic E-state index is 12.7. The maximum absolute atomic E-state index is 12.7. The molecule has 0 bridgehead atoms. The van der Waals surface area contributed by atoms with Gasteiger partial charge in [-0.15, -0.1) is 0 Å². The molecular weight excluding hydrogens is 269 g/mol. The summed E-state index contributed by atoms with van der Waals surface area (Å²) in [6, 6.07) is 5.19. The number of hydrogen-bond donors (Lipinski definition) is 2. The maximum Gasteiger partial charge on any atom is 0.416 e. The van der Waals surface area contributed by atoms with E-state index in [2.05, 4.69) is 10.6 Å². The van der Waals surface area contributed by atoms with Crippen LogP contribution in [0.3, 0.4) is 0 Å². The highest BCUT2D eigenvalue weighted by molar-refractivity contribution is 5.78. The normalized spacial score (nSPS) is 12.3.